The van der Waals surface area contributed by atoms with Crippen LogP contribution >= 0.6 is 22.6 Å². The minimum atomic E-state index is -0.349. The molecule has 0 spiro atoms. The number of nitro benzene ring substituents is 1. The van der Waals surface area contributed by atoms with Gasteiger partial charge in [-0.2, -0.15) is 0 Å². The maximum Gasteiger partial charge on any atom is 0.270 e. The zero-order valence-corrected chi connectivity index (χ0v) is 13.3. The van der Waals surface area contributed by atoms with Gasteiger partial charge in [0.25, 0.3) is 5.69 Å². The Kier molecular flexibility index (Phi) is 5.52. The van der Waals surface area contributed by atoms with Gasteiger partial charge in [0, 0.05) is 27.7 Å². The summed E-state index contributed by atoms with van der Waals surface area (Å²) in [4.78, 5) is 10.4. The Morgan fingerprint density at radius 1 is 1.33 bits per heavy atom. The molecule has 5 heteroatoms. The van der Waals surface area contributed by atoms with Gasteiger partial charge in [-0.1, -0.05) is 19.9 Å². The van der Waals surface area contributed by atoms with Crippen molar-refractivity contribution in [3.05, 3.63) is 37.4 Å². The Morgan fingerprint density at radius 3 is 2.33 bits per heavy atom. The zero-order valence-electron chi connectivity index (χ0n) is 11.1. The van der Waals surface area contributed by atoms with E-state index in [0.29, 0.717) is 17.9 Å². The van der Waals surface area contributed by atoms with Gasteiger partial charge in [-0.3, -0.25) is 10.1 Å². The third kappa shape index (κ3) is 3.41. The van der Waals surface area contributed by atoms with Crippen LogP contribution in [0.15, 0.2) is 18.2 Å². The molecule has 0 aliphatic heterocycles. The van der Waals surface area contributed by atoms with Crippen molar-refractivity contribution < 1.29 is 4.92 Å². The fourth-order valence-electron chi connectivity index (χ4n) is 2.29. The fourth-order valence-corrected chi connectivity index (χ4v) is 3.14. The van der Waals surface area contributed by atoms with E-state index in [1.807, 2.05) is 13.1 Å². The predicted octanol–water partition coefficient (Wildman–Crippen LogP) is 3.55. The molecule has 0 radical (unpaired) electrons. The standard InChI is InChI=1S/C13H19IN2O2/c1-8(2)13(9(3)15-4)11-6-5-10(16(17)18)7-12(11)14/h5-9,13,15H,1-4H3. The van der Waals surface area contributed by atoms with Crippen molar-refractivity contribution in [2.45, 2.75) is 32.7 Å². The van der Waals surface area contributed by atoms with Gasteiger partial charge < -0.3 is 5.32 Å². The normalized spacial score (nSPS) is 14.6. The largest absolute Gasteiger partial charge is 0.317 e. The number of hydrogen-bond acceptors (Lipinski definition) is 3. The molecule has 100 valence electrons. The molecule has 18 heavy (non-hydrogen) atoms. The number of benzene rings is 1. The summed E-state index contributed by atoms with van der Waals surface area (Å²) in [6, 6.07) is 5.46. The van der Waals surface area contributed by atoms with E-state index in [2.05, 4.69) is 48.7 Å². The van der Waals surface area contributed by atoms with Crippen LogP contribution in [-0.2, 0) is 0 Å². The van der Waals surface area contributed by atoms with Crippen molar-refractivity contribution in [3.63, 3.8) is 0 Å². The second kappa shape index (κ2) is 6.47. The van der Waals surface area contributed by atoms with Crippen LogP contribution in [0.4, 0.5) is 5.69 Å². The number of rotatable bonds is 5. The Hall–Kier alpha value is -0.690. The predicted molar refractivity (Wildman–Crippen MR) is 81.9 cm³/mol. The molecule has 4 nitrogen and oxygen atoms in total. The highest BCUT2D eigenvalue weighted by atomic mass is 127. The Labute approximate surface area is 121 Å². The number of nitro groups is 1. The first-order chi connectivity index (χ1) is 8.38. The highest BCUT2D eigenvalue weighted by Crippen LogP contribution is 2.33. The number of non-ortho nitro benzene ring substituents is 1. The van der Waals surface area contributed by atoms with Gasteiger partial charge in [-0.25, -0.2) is 0 Å². The molecule has 0 aliphatic carbocycles. The van der Waals surface area contributed by atoms with Crippen LogP contribution in [0.1, 0.15) is 32.3 Å². The molecule has 2 atom stereocenters. The molecule has 0 saturated carbocycles. The van der Waals surface area contributed by atoms with Gasteiger partial charge in [0.05, 0.1) is 4.92 Å². The third-order valence-corrected chi connectivity index (χ3v) is 4.20. The minimum Gasteiger partial charge on any atom is -0.317 e. The number of hydrogen-bond donors (Lipinski definition) is 1. The Morgan fingerprint density at radius 2 is 1.94 bits per heavy atom. The average molecular weight is 362 g/mol. The Balaban J connectivity index is 3.17. The summed E-state index contributed by atoms with van der Waals surface area (Å²) in [6.45, 7) is 6.49. The van der Waals surface area contributed by atoms with E-state index >= 15 is 0 Å². The molecule has 1 aromatic rings. The van der Waals surface area contributed by atoms with Gasteiger partial charge in [-0.05, 0) is 48.0 Å². The van der Waals surface area contributed by atoms with Gasteiger partial charge >= 0.3 is 0 Å². The molecule has 0 saturated heterocycles. The maximum atomic E-state index is 10.7. The quantitative estimate of drug-likeness (QED) is 0.495. The van der Waals surface area contributed by atoms with E-state index in [4.69, 9.17) is 0 Å². The molecule has 0 aromatic heterocycles. The van der Waals surface area contributed by atoms with E-state index in [0.717, 1.165) is 3.57 Å². The molecule has 0 amide bonds. The second-order valence-corrected chi connectivity index (χ2v) is 5.97. The van der Waals surface area contributed by atoms with Gasteiger partial charge in [0.15, 0.2) is 0 Å². The van der Waals surface area contributed by atoms with Crippen LogP contribution in [0.5, 0.6) is 0 Å². The SMILES string of the molecule is CNC(C)C(c1ccc([N+](=O)[O-])cc1I)C(C)C. The lowest BCUT2D eigenvalue weighted by Gasteiger charge is -2.28. The summed E-state index contributed by atoms with van der Waals surface area (Å²) < 4.78 is 0.961. The van der Waals surface area contributed by atoms with Crippen LogP contribution in [0, 0.1) is 19.6 Å². The van der Waals surface area contributed by atoms with E-state index in [-0.39, 0.29) is 10.6 Å². The minimum absolute atomic E-state index is 0.155. The highest BCUT2D eigenvalue weighted by molar-refractivity contribution is 14.1. The first-order valence-electron chi connectivity index (χ1n) is 5.99. The summed E-state index contributed by atoms with van der Waals surface area (Å²) >= 11 is 2.19. The van der Waals surface area contributed by atoms with E-state index in [1.54, 1.807) is 12.1 Å². The molecule has 0 bridgehead atoms. The number of halogens is 1. The first-order valence-corrected chi connectivity index (χ1v) is 7.07. The fraction of sp³-hybridized carbons (Fsp3) is 0.538. The van der Waals surface area contributed by atoms with Crippen molar-refractivity contribution >= 4 is 28.3 Å². The number of likely N-dealkylation sites (N-methyl/N-ethyl adjacent to an activating group) is 1. The molecule has 2 unspecified atom stereocenters. The molecule has 0 aliphatic rings. The molecule has 1 rings (SSSR count). The second-order valence-electron chi connectivity index (χ2n) is 4.81. The van der Waals surface area contributed by atoms with E-state index in [9.17, 15) is 10.1 Å². The summed E-state index contributed by atoms with van der Waals surface area (Å²) in [5.41, 5.74) is 1.33. The van der Waals surface area contributed by atoms with Crippen LogP contribution in [-0.4, -0.2) is 18.0 Å². The third-order valence-electron chi connectivity index (χ3n) is 3.27. The highest BCUT2D eigenvalue weighted by Gasteiger charge is 2.24. The molecule has 0 fully saturated rings. The number of nitrogens with one attached hydrogen (secondary N) is 1. The molecule has 1 aromatic carbocycles. The van der Waals surface area contributed by atoms with E-state index in [1.165, 1.54) is 5.56 Å². The van der Waals surface area contributed by atoms with Crippen LogP contribution in [0.3, 0.4) is 0 Å². The van der Waals surface area contributed by atoms with Crippen molar-refractivity contribution in [1.29, 1.82) is 0 Å². The summed E-state index contributed by atoms with van der Waals surface area (Å²) in [5.74, 6) is 0.824. The Bertz CT molecular complexity index is 435. The molecule has 0 heterocycles. The van der Waals surface area contributed by atoms with Gasteiger partial charge in [-0.15, -0.1) is 0 Å². The smallest absolute Gasteiger partial charge is 0.270 e. The first kappa shape index (κ1) is 15.4. The monoisotopic (exact) mass is 362 g/mol. The van der Waals surface area contributed by atoms with E-state index < -0.39 is 0 Å². The molecular formula is C13H19IN2O2. The van der Waals surface area contributed by atoms with Crippen LogP contribution < -0.4 is 5.32 Å². The molecular weight excluding hydrogens is 343 g/mol. The molecule has 1 N–H and O–H groups in total. The van der Waals surface area contributed by atoms with Crippen molar-refractivity contribution in [2.75, 3.05) is 7.05 Å². The lowest BCUT2D eigenvalue weighted by molar-refractivity contribution is -0.385. The lowest BCUT2D eigenvalue weighted by atomic mass is 9.83. The lowest BCUT2D eigenvalue weighted by Crippen LogP contribution is -2.32. The van der Waals surface area contributed by atoms with Crippen molar-refractivity contribution in [2.24, 2.45) is 5.92 Å². The summed E-state index contributed by atoms with van der Waals surface area (Å²) in [5, 5.41) is 14.0. The van der Waals surface area contributed by atoms with Gasteiger partial charge in [0.1, 0.15) is 0 Å². The summed E-state index contributed by atoms with van der Waals surface area (Å²) in [6.07, 6.45) is 0. The van der Waals surface area contributed by atoms with Crippen LogP contribution in [0.2, 0.25) is 0 Å². The van der Waals surface area contributed by atoms with Crippen LogP contribution in [0.25, 0.3) is 0 Å². The van der Waals surface area contributed by atoms with Gasteiger partial charge in [0.2, 0.25) is 0 Å². The maximum absolute atomic E-state index is 10.7. The topological polar surface area (TPSA) is 55.2 Å². The number of nitrogens with zero attached hydrogens (tertiary/aromatic N) is 1. The van der Waals surface area contributed by atoms with Crippen molar-refractivity contribution in [1.82, 2.24) is 5.32 Å². The zero-order chi connectivity index (χ0) is 13.9. The summed E-state index contributed by atoms with van der Waals surface area (Å²) in [7, 11) is 1.94. The van der Waals surface area contributed by atoms with Crippen molar-refractivity contribution in [3.8, 4) is 0 Å². The average Bonchev–Trinajstić information content (AvgIpc) is 2.30.